The second-order valence-electron chi connectivity index (χ2n) is 3.20. The van der Waals surface area contributed by atoms with Crippen LogP contribution in [0.5, 0.6) is 0 Å². The summed E-state index contributed by atoms with van der Waals surface area (Å²) in [5.41, 5.74) is 2.10. The molecule has 0 bridgehead atoms. The lowest BCUT2D eigenvalue weighted by atomic mass is 10.1. The molecule has 0 fully saturated rings. The van der Waals surface area contributed by atoms with Crippen LogP contribution >= 0.6 is 0 Å². The van der Waals surface area contributed by atoms with Crippen LogP contribution in [0.15, 0.2) is 36.9 Å². The van der Waals surface area contributed by atoms with Crippen LogP contribution in [-0.4, -0.2) is 6.04 Å². The molecule has 0 heterocycles. The van der Waals surface area contributed by atoms with Crippen LogP contribution in [0.1, 0.15) is 12.5 Å². The van der Waals surface area contributed by atoms with Gasteiger partial charge in [-0.05, 0) is 24.6 Å². The summed E-state index contributed by atoms with van der Waals surface area (Å²) in [5, 5.41) is 11.8. The van der Waals surface area contributed by atoms with E-state index in [0.29, 0.717) is 6.42 Å². The predicted molar refractivity (Wildman–Crippen MR) is 59.0 cm³/mol. The largest absolute Gasteiger partial charge is 0.379 e. The number of hydrogen-bond acceptors (Lipinski definition) is 2. The monoisotopic (exact) mass is 186 g/mol. The van der Waals surface area contributed by atoms with Gasteiger partial charge in [-0.25, -0.2) is 0 Å². The van der Waals surface area contributed by atoms with Crippen molar-refractivity contribution < 1.29 is 0 Å². The molecule has 0 amide bonds. The van der Waals surface area contributed by atoms with Crippen molar-refractivity contribution in [3.63, 3.8) is 0 Å². The van der Waals surface area contributed by atoms with E-state index in [1.807, 2.05) is 37.3 Å². The fraction of sp³-hybridized carbons (Fsp3) is 0.250. The Labute approximate surface area is 84.9 Å². The molecule has 1 N–H and O–H groups in total. The third-order valence-corrected chi connectivity index (χ3v) is 1.99. The number of nitriles is 1. The molecule has 1 rings (SSSR count). The quantitative estimate of drug-likeness (QED) is 0.734. The van der Waals surface area contributed by atoms with Gasteiger partial charge in [0.25, 0.3) is 0 Å². The van der Waals surface area contributed by atoms with Gasteiger partial charge in [0.1, 0.15) is 0 Å². The Kier molecular flexibility index (Phi) is 3.75. The van der Waals surface area contributed by atoms with Gasteiger partial charge in [0, 0.05) is 11.7 Å². The van der Waals surface area contributed by atoms with Crippen LogP contribution in [0.2, 0.25) is 0 Å². The van der Waals surface area contributed by atoms with Crippen LogP contribution in [0.25, 0.3) is 0 Å². The van der Waals surface area contributed by atoms with Crippen LogP contribution < -0.4 is 5.32 Å². The standard InChI is InChI=1S/C12H14N2/c1-3-10(2)14-12-6-4-11(5-7-12)8-9-13/h3-7,10,14H,1,8H2,2H3. The third-order valence-electron chi connectivity index (χ3n) is 1.99. The third kappa shape index (κ3) is 2.95. The molecule has 0 aliphatic carbocycles. The van der Waals surface area contributed by atoms with Crippen LogP contribution in [0.3, 0.4) is 0 Å². The molecule has 0 radical (unpaired) electrons. The summed E-state index contributed by atoms with van der Waals surface area (Å²) in [6.45, 7) is 5.74. The minimum atomic E-state index is 0.261. The van der Waals surface area contributed by atoms with Crippen molar-refractivity contribution >= 4 is 5.69 Å². The minimum absolute atomic E-state index is 0.261. The summed E-state index contributed by atoms with van der Waals surface area (Å²) in [5.74, 6) is 0. The molecule has 1 aromatic carbocycles. The zero-order valence-electron chi connectivity index (χ0n) is 8.33. The van der Waals surface area contributed by atoms with Gasteiger partial charge in [0.2, 0.25) is 0 Å². The maximum atomic E-state index is 8.49. The summed E-state index contributed by atoms with van der Waals surface area (Å²) >= 11 is 0. The lowest BCUT2D eigenvalue weighted by Gasteiger charge is -2.10. The maximum absolute atomic E-state index is 8.49. The number of hydrogen-bond donors (Lipinski definition) is 1. The van der Waals surface area contributed by atoms with E-state index >= 15 is 0 Å². The van der Waals surface area contributed by atoms with Crippen molar-refractivity contribution in [1.82, 2.24) is 0 Å². The average molecular weight is 186 g/mol. The van der Waals surface area contributed by atoms with Crippen LogP contribution in [0, 0.1) is 11.3 Å². The van der Waals surface area contributed by atoms with Crippen LogP contribution in [-0.2, 0) is 6.42 Å². The normalized spacial score (nSPS) is 11.4. The van der Waals surface area contributed by atoms with E-state index in [9.17, 15) is 0 Å². The summed E-state index contributed by atoms with van der Waals surface area (Å²) in [6, 6.07) is 10.3. The molecular weight excluding hydrogens is 172 g/mol. The highest BCUT2D eigenvalue weighted by Gasteiger charge is 1.96. The van der Waals surface area contributed by atoms with Gasteiger partial charge in [-0.2, -0.15) is 5.26 Å². The smallest absolute Gasteiger partial charge is 0.0669 e. The number of nitrogens with one attached hydrogen (secondary N) is 1. The molecule has 2 nitrogen and oxygen atoms in total. The fourth-order valence-corrected chi connectivity index (χ4v) is 1.13. The molecule has 1 aromatic rings. The zero-order valence-corrected chi connectivity index (χ0v) is 8.33. The second-order valence-corrected chi connectivity index (χ2v) is 3.20. The first-order valence-corrected chi connectivity index (χ1v) is 4.61. The van der Waals surface area contributed by atoms with E-state index in [1.54, 1.807) is 0 Å². The minimum Gasteiger partial charge on any atom is -0.379 e. The Hall–Kier alpha value is -1.75. The molecule has 1 atom stereocenters. The predicted octanol–water partition coefficient (Wildman–Crippen LogP) is 2.74. The molecule has 0 spiro atoms. The molecular formula is C12H14N2. The summed E-state index contributed by atoms with van der Waals surface area (Å²) in [4.78, 5) is 0. The molecule has 0 saturated heterocycles. The topological polar surface area (TPSA) is 35.8 Å². The summed E-state index contributed by atoms with van der Waals surface area (Å²) < 4.78 is 0. The van der Waals surface area contributed by atoms with Gasteiger partial charge in [-0.3, -0.25) is 0 Å². The van der Waals surface area contributed by atoms with Crippen molar-refractivity contribution in [2.45, 2.75) is 19.4 Å². The molecule has 14 heavy (non-hydrogen) atoms. The highest BCUT2D eigenvalue weighted by molar-refractivity contribution is 5.46. The van der Waals surface area contributed by atoms with E-state index in [4.69, 9.17) is 5.26 Å². The van der Waals surface area contributed by atoms with Gasteiger partial charge >= 0.3 is 0 Å². The number of benzene rings is 1. The SMILES string of the molecule is C=CC(C)Nc1ccc(CC#N)cc1. The number of anilines is 1. The fourth-order valence-electron chi connectivity index (χ4n) is 1.13. The molecule has 0 aromatic heterocycles. The summed E-state index contributed by atoms with van der Waals surface area (Å²) in [7, 11) is 0. The molecule has 0 saturated carbocycles. The van der Waals surface area contributed by atoms with Gasteiger partial charge in [-0.1, -0.05) is 18.2 Å². The van der Waals surface area contributed by atoms with E-state index < -0.39 is 0 Å². The van der Waals surface area contributed by atoms with E-state index in [2.05, 4.69) is 18.0 Å². The number of rotatable bonds is 4. The van der Waals surface area contributed by atoms with Gasteiger partial charge in [0.05, 0.1) is 12.5 Å². The maximum Gasteiger partial charge on any atom is 0.0669 e. The van der Waals surface area contributed by atoms with Crippen molar-refractivity contribution in [3.8, 4) is 6.07 Å². The first-order valence-electron chi connectivity index (χ1n) is 4.61. The highest BCUT2D eigenvalue weighted by Crippen LogP contribution is 2.11. The van der Waals surface area contributed by atoms with Crippen LogP contribution in [0.4, 0.5) is 5.69 Å². The van der Waals surface area contributed by atoms with Gasteiger partial charge in [-0.15, -0.1) is 6.58 Å². The van der Waals surface area contributed by atoms with Gasteiger partial charge < -0.3 is 5.32 Å². The Morgan fingerprint density at radius 1 is 1.50 bits per heavy atom. The van der Waals surface area contributed by atoms with Crippen molar-refractivity contribution in [3.05, 3.63) is 42.5 Å². The van der Waals surface area contributed by atoms with E-state index in [1.165, 1.54) is 0 Å². The first-order chi connectivity index (χ1) is 6.76. The first kappa shape index (κ1) is 10.3. The summed E-state index contributed by atoms with van der Waals surface area (Å²) in [6.07, 6.45) is 2.32. The average Bonchev–Trinajstić information content (AvgIpc) is 2.21. The second kappa shape index (κ2) is 5.08. The zero-order chi connectivity index (χ0) is 10.4. The molecule has 2 heteroatoms. The van der Waals surface area contributed by atoms with Crippen molar-refractivity contribution in [1.29, 1.82) is 5.26 Å². The Morgan fingerprint density at radius 2 is 2.14 bits per heavy atom. The Morgan fingerprint density at radius 3 is 2.64 bits per heavy atom. The van der Waals surface area contributed by atoms with Crippen molar-refractivity contribution in [2.24, 2.45) is 0 Å². The molecule has 72 valence electrons. The molecule has 0 aliphatic heterocycles. The number of nitrogens with zero attached hydrogens (tertiary/aromatic N) is 1. The Bertz CT molecular complexity index is 332. The van der Waals surface area contributed by atoms with Crippen molar-refractivity contribution in [2.75, 3.05) is 5.32 Å². The van der Waals surface area contributed by atoms with E-state index in [0.717, 1.165) is 11.3 Å². The molecule has 0 aliphatic rings. The highest BCUT2D eigenvalue weighted by atomic mass is 14.9. The lowest BCUT2D eigenvalue weighted by molar-refractivity contribution is 1.00. The Balaban J connectivity index is 2.64. The van der Waals surface area contributed by atoms with E-state index in [-0.39, 0.29) is 6.04 Å². The van der Waals surface area contributed by atoms with Gasteiger partial charge in [0.15, 0.2) is 0 Å². The molecule has 1 unspecified atom stereocenters. The lowest BCUT2D eigenvalue weighted by Crippen LogP contribution is -2.10.